The Hall–Kier alpha value is -3.39. The van der Waals surface area contributed by atoms with Crippen molar-refractivity contribution in [2.75, 3.05) is 5.32 Å². The first-order chi connectivity index (χ1) is 14.0. The smallest absolute Gasteiger partial charge is 0.387 e. The number of anilines is 1. The van der Waals surface area contributed by atoms with Crippen LogP contribution in [0.3, 0.4) is 0 Å². The van der Waals surface area contributed by atoms with E-state index >= 15 is 0 Å². The molecule has 6 nitrogen and oxygen atoms in total. The van der Waals surface area contributed by atoms with E-state index in [1.54, 1.807) is 48.7 Å². The predicted octanol–water partition coefficient (Wildman–Crippen LogP) is 4.83. The summed E-state index contributed by atoms with van der Waals surface area (Å²) in [4.78, 5) is 12.0. The SMILES string of the molecule is O=C(/C=C\c1ccc(OC(F)F)cc1)Nc1cnn(COc2cccc(Cl)c2)c1. The number of ether oxygens (including phenoxy) is 2. The summed E-state index contributed by atoms with van der Waals surface area (Å²) >= 11 is 5.90. The number of carbonyl (C=O) groups excluding carboxylic acids is 1. The van der Waals surface area contributed by atoms with Crippen LogP contribution in [0.5, 0.6) is 11.5 Å². The normalized spacial score (nSPS) is 11.0. The van der Waals surface area contributed by atoms with Crippen molar-refractivity contribution in [3.8, 4) is 11.5 Å². The molecule has 1 heterocycles. The number of nitrogens with zero attached hydrogens (tertiary/aromatic N) is 2. The maximum Gasteiger partial charge on any atom is 0.387 e. The molecule has 150 valence electrons. The van der Waals surface area contributed by atoms with Crippen LogP contribution in [0.1, 0.15) is 5.56 Å². The van der Waals surface area contributed by atoms with Gasteiger partial charge in [-0.25, -0.2) is 4.68 Å². The van der Waals surface area contributed by atoms with Gasteiger partial charge < -0.3 is 14.8 Å². The third kappa shape index (κ3) is 6.62. The fraction of sp³-hybridized carbons (Fsp3) is 0.100. The Balaban J connectivity index is 1.50. The third-order valence-electron chi connectivity index (χ3n) is 3.59. The molecule has 0 bridgehead atoms. The quantitative estimate of drug-likeness (QED) is 0.531. The van der Waals surface area contributed by atoms with Gasteiger partial charge in [0.25, 0.3) is 0 Å². The Kier molecular flexibility index (Phi) is 6.80. The van der Waals surface area contributed by atoms with Crippen LogP contribution in [-0.2, 0) is 11.5 Å². The number of rotatable bonds is 8. The van der Waals surface area contributed by atoms with Crippen molar-refractivity contribution >= 4 is 29.3 Å². The van der Waals surface area contributed by atoms with Crippen LogP contribution >= 0.6 is 11.6 Å². The highest BCUT2D eigenvalue weighted by Crippen LogP contribution is 2.18. The van der Waals surface area contributed by atoms with Gasteiger partial charge in [0.15, 0.2) is 6.73 Å². The lowest BCUT2D eigenvalue weighted by Gasteiger charge is -2.06. The standard InChI is InChI=1S/C20H16ClF2N3O3/c21-15-2-1-3-18(10-15)28-13-26-12-16(11-24-26)25-19(27)9-6-14-4-7-17(8-5-14)29-20(22)23/h1-12,20H,13H2,(H,25,27)/b9-6-. The number of carbonyl (C=O) groups is 1. The number of nitrogens with one attached hydrogen (secondary N) is 1. The summed E-state index contributed by atoms with van der Waals surface area (Å²) in [6, 6.07) is 12.9. The molecule has 29 heavy (non-hydrogen) atoms. The van der Waals surface area contributed by atoms with E-state index in [0.29, 0.717) is 22.0 Å². The van der Waals surface area contributed by atoms with Crippen molar-refractivity contribution in [1.29, 1.82) is 0 Å². The molecule has 0 fully saturated rings. The van der Waals surface area contributed by atoms with Crippen LogP contribution in [0.2, 0.25) is 5.02 Å². The monoisotopic (exact) mass is 419 g/mol. The molecule has 0 radical (unpaired) electrons. The van der Waals surface area contributed by atoms with Crippen molar-refractivity contribution in [3.63, 3.8) is 0 Å². The average Bonchev–Trinajstić information content (AvgIpc) is 3.13. The van der Waals surface area contributed by atoms with Crippen LogP contribution in [0.25, 0.3) is 6.08 Å². The fourth-order valence-corrected chi connectivity index (χ4v) is 2.49. The minimum atomic E-state index is -2.88. The van der Waals surface area contributed by atoms with E-state index < -0.39 is 6.61 Å². The summed E-state index contributed by atoms with van der Waals surface area (Å²) in [6.45, 7) is -2.72. The molecule has 0 atom stereocenters. The van der Waals surface area contributed by atoms with E-state index in [4.69, 9.17) is 16.3 Å². The molecule has 0 saturated heterocycles. The minimum Gasteiger partial charge on any atom is -0.471 e. The first-order valence-corrected chi connectivity index (χ1v) is 8.80. The third-order valence-corrected chi connectivity index (χ3v) is 3.83. The van der Waals surface area contributed by atoms with E-state index in [1.165, 1.54) is 29.1 Å². The molecule has 2 aromatic carbocycles. The number of alkyl halides is 2. The summed E-state index contributed by atoms with van der Waals surface area (Å²) in [7, 11) is 0. The maximum absolute atomic E-state index is 12.1. The lowest BCUT2D eigenvalue weighted by atomic mass is 10.2. The molecule has 0 unspecified atom stereocenters. The molecule has 0 aliphatic rings. The Labute approximate surface area is 170 Å². The second-order valence-electron chi connectivity index (χ2n) is 5.77. The van der Waals surface area contributed by atoms with Gasteiger partial charge in [0.05, 0.1) is 18.1 Å². The van der Waals surface area contributed by atoms with Crippen LogP contribution in [0, 0.1) is 0 Å². The van der Waals surface area contributed by atoms with Gasteiger partial charge in [0.2, 0.25) is 5.91 Å². The van der Waals surface area contributed by atoms with Crippen molar-refractivity contribution < 1.29 is 23.0 Å². The lowest BCUT2D eigenvalue weighted by Crippen LogP contribution is -2.08. The predicted molar refractivity (Wildman–Crippen MR) is 105 cm³/mol. The van der Waals surface area contributed by atoms with Crippen LogP contribution in [0.15, 0.2) is 67.0 Å². The van der Waals surface area contributed by atoms with Gasteiger partial charge in [0.1, 0.15) is 11.5 Å². The first kappa shape index (κ1) is 20.3. The Bertz CT molecular complexity index is 991. The van der Waals surface area contributed by atoms with E-state index in [1.807, 2.05) is 0 Å². The molecule has 0 saturated carbocycles. The minimum absolute atomic E-state index is 0.0500. The van der Waals surface area contributed by atoms with Crippen LogP contribution < -0.4 is 14.8 Å². The molecule has 9 heteroatoms. The number of halogens is 3. The zero-order chi connectivity index (χ0) is 20.6. The Morgan fingerprint density at radius 1 is 1.21 bits per heavy atom. The van der Waals surface area contributed by atoms with Gasteiger partial charge in [-0.05, 0) is 42.0 Å². The average molecular weight is 420 g/mol. The largest absolute Gasteiger partial charge is 0.471 e. The van der Waals surface area contributed by atoms with Crippen molar-refractivity contribution in [3.05, 3.63) is 77.6 Å². The van der Waals surface area contributed by atoms with Crippen molar-refractivity contribution in [2.45, 2.75) is 13.3 Å². The highest BCUT2D eigenvalue weighted by Gasteiger charge is 2.04. The van der Waals surface area contributed by atoms with Gasteiger partial charge >= 0.3 is 6.61 Å². The molecular formula is C20H16ClF2N3O3. The zero-order valence-electron chi connectivity index (χ0n) is 15.0. The Morgan fingerprint density at radius 2 is 2.00 bits per heavy atom. The second kappa shape index (κ2) is 9.70. The second-order valence-corrected chi connectivity index (χ2v) is 6.21. The molecule has 1 aromatic heterocycles. The molecule has 0 aliphatic heterocycles. The van der Waals surface area contributed by atoms with E-state index in [-0.39, 0.29) is 18.4 Å². The van der Waals surface area contributed by atoms with Gasteiger partial charge in [-0.3, -0.25) is 4.79 Å². The van der Waals surface area contributed by atoms with E-state index in [9.17, 15) is 13.6 Å². The summed E-state index contributed by atoms with van der Waals surface area (Å²) in [5.41, 5.74) is 1.16. The van der Waals surface area contributed by atoms with Crippen molar-refractivity contribution in [1.82, 2.24) is 9.78 Å². The summed E-state index contributed by atoms with van der Waals surface area (Å²) < 4.78 is 35.6. The summed E-state index contributed by atoms with van der Waals surface area (Å²) in [5, 5.41) is 7.34. The van der Waals surface area contributed by atoms with Gasteiger partial charge in [0, 0.05) is 11.1 Å². The number of hydrogen-bond acceptors (Lipinski definition) is 4. The zero-order valence-corrected chi connectivity index (χ0v) is 15.7. The topological polar surface area (TPSA) is 65.4 Å². The number of benzene rings is 2. The molecule has 1 amide bonds. The lowest BCUT2D eigenvalue weighted by molar-refractivity contribution is -0.111. The molecule has 0 aliphatic carbocycles. The van der Waals surface area contributed by atoms with Gasteiger partial charge in [-0.1, -0.05) is 29.8 Å². The molecule has 0 spiro atoms. The summed E-state index contributed by atoms with van der Waals surface area (Å²) in [5.74, 6) is 0.286. The molecule has 1 N–H and O–H groups in total. The number of aromatic nitrogens is 2. The van der Waals surface area contributed by atoms with Gasteiger partial charge in [-0.2, -0.15) is 13.9 Å². The maximum atomic E-state index is 12.1. The highest BCUT2D eigenvalue weighted by molar-refractivity contribution is 6.30. The van der Waals surface area contributed by atoms with E-state index in [2.05, 4.69) is 15.2 Å². The molecule has 3 aromatic rings. The summed E-state index contributed by atoms with van der Waals surface area (Å²) in [6.07, 6.45) is 5.98. The van der Waals surface area contributed by atoms with E-state index in [0.717, 1.165) is 0 Å². The van der Waals surface area contributed by atoms with Crippen LogP contribution in [0.4, 0.5) is 14.5 Å². The van der Waals surface area contributed by atoms with Crippen LogP contribution in [-0.4, -0.2) is 22.3 Å². The van der Waals surface area contributed by atoms with Gasteiger partial charge in [-0.15, -0.1) is 0 Å². The molecule has 3 rings (SSSR count). The molecular weight excluding hydrogens is 404 g/mol. The number of hydrogen-bond donors (Lipinski definition) is 1. The first-order valence-electron chi connectivity index (χ1n) is 8.43. The highest BCUT2D eigenvalue weighted by atomic mass is 35.5. The number of amides is 1. The Morgan fingerprint density at radius 3 is 2.72 bits per heavy atom. The fourth-order valence-electron chi connectivity index (χ4n) is 2.31. The van der Waals surface area contributed by atoms with Crippen molar-refractivity contribution in [2.24, 2.45) is 0 Å².